The summed E-state index contributed by atoms with van der Waals surface area (Å²) in [5.41, 5.74) is 1.88. The topological polar surface area (TPSA) is 29.1 Å². The molecule has 1 unspecified atom stereocenters. The van der Waals surface area contributed by atoms with Crippen molar-refractivity contribution in [1.29, 1.82) is 0 Å². The van der Waals surface area contributed by atoms with Gasteiger partial charge in [-0.1, -0.05) is 48.0 Å². The van der Waals surface area contributed by atoms with Gasteiger partial charge in [0.25, 0.3) is 5.91 Å². The van der Waals surface area contributed by atoms with Gasteiger partial charge in [-0.25, -0.2) is 0 Å². The van der Waals surface area contributed by atoms with E-state index in [2.05, 4.69) is 28.2 Å². The zero-order valence-electron chi connectivity index (χ0n) is 9.09. The lowest BCUT2D eigenvalue weighted by Gasteiger charge is -2.09. The molecule has 1 rings (SSSR count). The zero-order valence-corrected chi connectivity index (χ0v) is 10.7. The Morgan fingerprint density at radius 1 is 1.47 bits per heavy atom. The third-order valence-electron chi connectivity index (χ3n) is 2.19. The van der Waals surface area contributed by atoms with Crippen LogP contribution in [0.25, 0.3) is 0 Å². The van der Waals surface area contributed by atoms with Crippen molar-refractivity contribution >= 4 is 21.8 Å². The third kappa shape index (κ3) is 3.67. The number of carbonyl (C=O) groups is 1. The van der Waals surface area contributed by atoms with Gasteiger partial charge in [-0.15, -0.1) is 0 Å². The van der Waals surface area contributed by atoms with Crippen LogP contribution in [-0.4, -0.2) is 17.3 Å². The van der Waals surface area contributed by atoms with Crippen LogP contribution < -0.4 is 5.32 Å². The molecular weight excluding hydrogens is 254 g/mol. The van der Waals surface area contributed by atoms with Gasteiger partial charge in [0.15, 0.2) is 0 Å². The molecule has 0 aliphatic carbocycles. The maximum Gasteiger partial charge on any atom is 0.251 e. The van der Waals surface area contributed by atoms with E-state index in [4.69, 9.17) is 0 Å². The summed E-state index contributed by atoms with van der Waals surface area (Å²) < 4.78 is 0. The molecule has 82 valence electrons. The Kier molecular flexibility index (Phi) is 4.82. The number of aryl methyl sites for hydroxylation is 1. The van der Waals surface area contributed by atoms with Gasteiger partial charge in [0, 0.05) is 16.9 Å². The number of rotatable bonds is 4. The number of hydrogen-bond acceptors (Lipinski definition) is 1. The summed E-state index contributed by atoms with van der Waals surface area (Å²) in [5.74, 6) is 0.0127. The van der Waals surface area contributed by atoms with E-state index >= 15 is 0 Å². The first-order valence-electron chi connectivity index (χ1n) is 5.15. The van der Waals surface area contributed by atoms with Crippen LogP contribution in [0.3, 0.4) is 0 Å². The Hall–Kier alpha value is -0.830. The van der Waals surface area contributed by atoms with Gasteiger partial charge in [-0.2, -0.15) is 0 Å². The van der Waals surface area contributed by atoms with Crippen molar-refractivity contribution < 1.29 is 4.79 Å². The number of alkyl halides is 1. The molecule has 0 saturated heterocycles. The van der Waals surface area contributed by atoms with Gasteiger partial charge in [-0.3, -0.25) is 4.79 Å². The van der Waals surface area contributed by atoms with Crippen molar-refractivity contribution in [2.24, 2.45) is 0 Å². The minimum Gasteiger partial charge on any atom is -0.351 e. The first-order valence-corrected chi connectivity index (χ1v) is 6.07. The molecule has 1 N–H and O–H groups in total. The van der Waals surface area contributed by atoms with Gasteiger partial charge < -0.3 is 5.32 Å². The Morgan fingerprint density at radius 3 is 2.73 bits per heavy atom. The van der Waals surface area contributed by atoms with E-state index in [0.29, 0.717) is 11.4 Å². The molecule has 0 radical (unpaired) electrons. The quantitative estimate of drug-likeness (QED) is 0.837. The lowest BCUT2D eigenvalue weighted by Crippen LogP contribution is -2.29. The van der Waals surface area contributed by atoms with Crippen molar-refractivity contribution in [2.75, 3.05) is 6.54 Å². The van der Waals surface area contributed by atoms with E-state index in [1.165, 1.54) is 0 Å². The zero-order chi connectivity index (χ0) is 11.3. The van der Waals surface area contributed by atoms with Crippen LogP contribution in [0.4, 0.5) is 0 Å². The highest BCUT2D eigenvalue weighted by Gasteiger charge is 2.09. The molecule has 2 nitrogen and oxygen atoms in total. The van der Waals surface area contributed by atoms with Crippen molar-refractivity contribution in [1.82, 2.24) is 5.32 Å². The van der Waals surface area contributed by atoms with E-state index in [1.807, 2.05) is 31.2 Å². The van der Waals surface area contributed by atoms with E-state index in [0.717, 1.165) is 17.5 Å². The predicted octanol–water partition coefficient (Wildman–Crippen LogP) is 2.76. The largest absolute Gasteiger partial charge is 0.351 e. The smallest absolute Gasteiger partial charge is 0.251 e. The van der Waals surface area contributed by atoms with Crippen LogP contribution in [-0.2, 0) is 6.42 Å². The van der Waals surface area contributed by atoms with Crippen LogP contribution >= 0.6 is 15.9 Å². The summed E-state index contributed by atoms with van der Waals surface area (Å²) in [6, 6.07) is 7.72. The SMILES string of the molecule is CCc1ccccc1C(=O)NCC(C)Br. The van der Waals surface area contributed by atoms with Crippen LogP contribution in [0.15, 0.2) is 24.3 Å². The van der Waals surface area contributed by atoms with Crippen molar-refractivity contribution in [3.8, 4) is 0 Å². The molecule has 1 aromatic rings. The van der Waals surface area contributed by atoms with Crippen molar-refractivity contribution in [2.45, 2.75) is 25.1 Å². The molecule has 15 heavy (non-hydrogen) atoms. The van der Waals surface area contributed by atoms with E-state index in [-0.39, 0.29) is 5.91 Å². The number of carbonyl (C=O) groups excluding carboxylic acids is 1. The summed E-state index contributed by atoms with van der Waals surface area (Å²) in [6.45, 7) is 4.71. The minimum atomic E-state index is 0.0127. The Balaban J connectivity index is 2.72. The summed E-state index contributed by atoms with van der Waals surface area (Å²) >= 11 is 3.40. The lowest BCUT2D eigenvalue weighted by molar-refractivity contribution is 0.0953. The molecule has 0 aliphatic rings. The van der Waals surface area contributed by atoms with Gasteiger partial charge in [0.05, 0.1) is 0 Å². The highest BCUT2D eigenvalue weighted by atomic mass is 79.9. The maximum absolute atomic E-state index is 11.8. The average molecular weight is 270 g/mol. The summed E-state index contributed by atoms with van der Waals surface area (Å²) in [7, 11) is 0. The molecule has 0 aromatic heterocycles. The Morgan fingerprint density at radius 2 is 2.13 bits per heavy atom. The molecule has 3 heteroatoms. The highest BCUT2D eigenvalue weighted by Crippen LogP contribution is 2.09. The maximum atomic E-state index is 11.8. The van der Waals surface area contributed by atoms with Gasteiger partial charge in [0.2, 0.25) is 0 Å². The fourth-order valence-electron chi connectivity index (χ4n) is 1.38. The number of halogens is 1. The third-order valence-corrected chi connectivity index (χ3v) is 2.51. The molecular formula is C12H16BrNO. The number of amides is 1. The number of benzene rings is 1. The number of hydrogen-bond donors (Lipinski definition) is 1. The van der Waals surface area contributed by atoms with Gasteiger partial charge in [0.1, 0.15) is 0 Å². The van der Waals surface area contributed by atoms with E-state index < -0.39 is 0 Å². The van der Waals surface area contributed by atoms with Crippen LogP contribution in [0, 0.1) is 0 Å². The van der Waals surface area contributed by atoms with Crippen LogP contribution in [0.2, 0.25) is 0 Å². The first kappa shape index (κ1) is 12.2. The van der Waals surface area contributed by atoms with E-state index in [9.17, 15) is 4.79 Å². The van der Waals surface area contributed by atoms with Gasteiger partial charge >= 0.3 is 0 Å². The molecule has 0 aliphatic heterocycles. The molecule has 0 heterocycles. The monoisotopic (exact) mass is 269 g/mol. The van der Waals surface area contributed by atoms with Crippen LogP contribution in [0.1, 0.15) is 29.8 Å². The molecule has 0 spiro atoms. The minimum absolute atomic E-state index is 0.0127. The average Bonchev–Trinajstić information content (AvgIpc) is 2.25. The summed E-state index contributed by atoms with van der Waals surface area (Å²) in [6.07, 6.45) is 0.882. The normalized spacial score (nSPS) is 12.2. The van der Waals surface area contributed by atoms with Crippen molar-refractivity contribution in [3.63, 3.8) is 0 Å². The molecule has 0 fully saturated rings. The van der Waals surface area contributed by atoms with Gasteiger partial charge in [-0.05, 0) is 18.1 Å². The fourth-order valence-corrected chi connectivity index (χ4v) is 1.54. The second kappa shape index (κ2) is 5.91. The fraction of sp³-hybridized carbons (Fsp3) is 0.417. The highest BCUT2D eigenvalue weighted by molar-refractivity contribution is 9.09. The molecule has 1 amide bonds. The first-order chi connectivity index (χ1) is 7.15. The molecule has 1 aromatic carbocycles. The standard InChI is InChI=1S/C12H16BrNO/c1-3-10-6-4-5-7-11(10)12(15)14-8-9(2)13/h4-7,9H,3,8H2,1-2H3,(H,14,15). The van der Waals surface area contributed by atoms with E-state index in [1.54, 1.807) is 0 Å². The summed E-state index contributed by atoms with van der Waals surface area (Å²) in [5, 5.41) is 2.89. The Labute approximate surface area is 99.2 Å². The molecule has 0 saturated carbocycles. The molecule has 1 atom stereocenters. The lowest BCUT2D eigenvalue weighted by atomic mass is 10.0. The molecule has 0 bridgehead atoms. The predicted molar refractivity (Wildman–Crippen MR) is 66.5 cm³/mol. The summed E-state index contributed by atoms with van der Waals surface area (Å²) in [4.78, 5) is 12.1. The van der Waals surface area contributed by atoms with Crippen LogP contribution in [0.5, 0.6) is 0 Å². The Bertz CT molecular complexity index is 336. The second-order valence-corrected chi connectivity index (χ2v) is 5.06. The van der Waals surface area contributed by atoms with Crippen molar-refractivity contribution in [3.05, 3.63) is 35.4 Å². The second-order valence-electron chi connectivity index (χ2n) is 3.50. The number of nitrogens with one attached hydrogen (secondary N) is 1.